The van der Waals surface area contributed by atoms with Gasteiger partial charge in [0.2, 0.25) is 10.0 Å². The van der Waals surface area contributed by atoms with E-state index in [9.17, 15) is 18.5 Å². The van der Waals surface area contributed by atoms with E-state index in [1.165, 1.54) is 21.3 Å². The number of ether oxygens (including phenoxy) is 1. The minimum Gasteiger partial charge on any atom is -0.444 e. The number of piperazine rings is 2. The fourth-order valence-corrected chi connectivity index (χ4v) is 7.38. The number of nitriles is 1. The molecule has 3 aromatic rings. The van der Waals surface area contributed by atoms with Crippen molar-refractivity contribution in [1.29, 1.82) is 5.26 Å². The minimum absolute atomic E-state index is 0.313. The van der Waals surface area contributed by atoms with E-state index < -0.39 is 15.6 Å². The maximum absolute atomic E-state index is 12.8. The van der Waals surface area contributed by atoms with E-state index in [1.807, 2.05) is 26.8 Å². The summed E-state index contributed by atoms with van der Waals surface area (Å²) in [5, 5.41) is 12.9. The van der Waals surface area contributed by atoms with Crippen LogP contribution in [0.25, 0.3) is 10.8 Å². The second-order valence-electron chi connectivity index (χ2n) is 13.0. The number of carbonyl (C=O) groups excluding carboxylic acids is 1. The van der Waals surface area contributed by atoms with Gasteiger partial charge in [-0.15, -0.1) is 0 Å². The van der Waals surface area contributed by atoms with Crippen LogP contribution in [0.1, 0.15) is 37.5 Å². The van der Waals surface area contributed by atoms with Crippen LogP contribution in [0.5, 0.6) is 0 Å². The lowest BCUT2D eigenvalue weighted by Gasteiger charge is -2.41. The van der Waals surface area contributed by atoms with E-state index >= 15 is 0 Å². The van der Waals surface area contributed by atoms with E-state index in [0.717, 1.165) is 35.6 Å². The third kappa shape index (κ3) is 6.37. The fraction of sp³-hybridized carbons (Fsp3) is 0.485. The Labute approximate surface area is 265 Å². The standard InChI is InChI=1S/C33H41N7O4S/c1-33(2,3)44-32(41)38-16-14-36(15-17-38)30-26-12-13-39(29-11-7-9-24-8-5-6-10-25(24)29)23-28(26)27(22-34)31(35-30)37-18-20-40(21-19-37)45(4,42)43/h5-11H,12-21,23H2,1-4H3. The zero-order valence-corrected chi connectivity index (χ0v) is 27.3. The van der Waals surface area contributed by atoms with Crippen LogP contribution in [0, 0.1) is 11.3 Å². The number of fused-ring (bicyclic) bond motifs is 2. The van der Waals surface area contributed by atoms with Gasteiger partial charge in [-0.25, -0.2) is 18.2 Å². The van der Waals surface area contributed by atoms with Crippen LogP contribution in [0.4, 0.5) is 22.1 Å². The number of benzene rings is 2. The number of amides is 1. The first-order valence-electron chi connectivity index (χ1n) is 15.5. The highest BCUT2D eigenvalue weighted by atomic mass is 32.2. The van der Waals surface area contributed by atoms with Gasteiger partial charge in [0, 0.05) is 82.1 Å². The summed E-state index contributed by atoms with van der Waals surface area (Å²) in [6.45, 7) is 10.7. The topological polar surface area (TPSA) is 113 Å². The first-order valence-corrected chi connectivity index (χ1v) is 17.4. The van der Waals surface area contributed by atoms with Gasteiger partial charge in [0.05, 0.1) is 11.8 Å². The molecule has 3 aliphatic rings. The van der Waals surface area contributed by atoms with Crippen molar-refractivity contribution in [1.82, 2.24) is 14.2 Å². The third-order valence-corrected chi connectivity index (χ3v) is 10.1. The molecule has 238 valence electrons. The zero-order valence-electron chi connectivity index (χ0n) is 26.5. The number of aromatic nitrogens is 1. The highest BCUT2D eigenvalue weighted by Gasteiger charge is 2.34. The van der Waals surface area contributed by atoms with Crippen LogP contribution in [0.3, 0.4) is 0 Å². The van der Waals surface area contributed by atoms with Crippen molar-refractivity contribution in [2.45, 2.75) is 39.3 Å². The molecule has 2 aromatic carbocycles. The molecular formula is C33H41N7O4S. The largest absolute Gasteiger partial charge is 0.444 e. The summed E-state index contributed by atoms with van der Waals surface area (Å²) in [7, 11) is -3.30. The SMILES string of the molecule is CC(C)(C)OC(=O)N1CCN(c2nc(N3CCN(S(C)(=O)=O)CC3)c(C#N)c3c2CCN(c2cccc4ccccc24)C3)CC1. The predicted octanol–water partition coefficient (Wildman–Crippen LogP) is 3.81. The summed E-state index contributed by atoms with van der Waals surface area (Å²) < 4.78 is 31.5. The molecule has 1 amide bonds. The molecule has 3 aliphatic heterocycles. The van der Waals surface area contributed by atoms with Crippen LogP contribution in [0.15, 0.2) is 42.5 Å². The monoisotopic (exact) mass is 631 g/mol. The molecule has 2 saturated heterocycles. The molecule has 0 saturated carbocycles. The fourth-order valence-electron chi connectivity index (χ4n) is 6.55. The molecule has 0 unspecified atom stereocenters. The van der Waals surface area contributed by atoms with Gasteiger partial charge in [-0.2, -0.15) is 9.57 Å². The smallest absolute Gasteiger partial charge is 0.410 e. The van der Waals surface area contributed by atoms with Gasteiger partial charge >= 0.3 is 6.09 Å². The third-order valence-electron chi connectivity index (χ3n) is 8.81. The van der Waals surface area contributed by atoms with Crippen molar-refractivity contribution in [3.63, 3.8) is 0 Å². The number of hydrogen-bond acceptors (Lipinski definition) is 9. The van der Waals surface area contributed by atoms with Gasteiger partial charge in [0.25, 0.3) is 0 Å². The van der Waals surface area contributed by atoms with Gasteiger partial charge < -0.3 is 24.3 Å². The molecule has 12 heteroatoms. The summed E-state index contributed by atoms with van der Waals surface area (Å²) in [5.41, 5.74) is 3.17. The summed E-state index contributed by atoms with van der Waals surface area (Å²) in [6, 6.07) is 17.2. The Morgan fingerprint density at radius 1 is 0.844 bits per heavy atom. The van der Waals surface area contributed by atoms with Crippen LogP contribution in [0.2, 0.25) is 0 Å². The molecule has 2 fully saturated rings. The summed E-state index contributed by atoms with van der Waals surface area (Å²) in [4.78, 5) is 26.3. The molecule has 1 aromatic heterocycles. The molecule has 0 N–H and O–H groups in total. The van der Waals surface area contributed by atoms with Crippen molar-refractivity contribution >= 4 is 44.2 Å². The number of hydrogen-bond donors (Lipinski definition) is 0. The van der Waals surface area contributed by atoms with Gasteiger partial charge in [-0.05, 0) is 44.2 Å². The molecule has 0 spiro atoms. The number of rotatable bonds is 4. The quantitative estimate of drug-likeness (QED) is 0.424. The van der Waals surface area contributed by atoms with Crippen LogP contribution in [-0.2, 0) is 27.7 Å². The molecular weight excluding hydrogens is 590 g/mol. The Kier molecular flexibility index (Phi) is 8.26. The normalized spacial score (nSPS) is 18.1. The lowest BCUT2D eigenvalue weighted by Crippen LogP contribution is -2.51. The molecule has 0 aliphatic carbocycles. The first-order chi connectivity index (χ1) is 21.4. The van der Waals surface area contributed by atoms with E-state index in [-0.39, 0.29) is 6.09 Å². The number of sulfonamides is 1. The van der Waals surface area contributed by atoms with E-state index in [4.69, 9.17) is 9.72 Å². The molecule has 0 radical (unpaired) electrons. The molecule has 4 heterocycles. The number of nitrogens with zero attached hydrogens (tertiary/aromatic N) is 7. The van der Waals surface area contributed by atoms with Crippen molar-refractivity contribution < 1.29 is 17.9 Å². The second kappa shape index (κ2) is 12.0. The Morgan fingerprint density at radius 3 is 2.16 bits per heavy atom. The van der Waals surface area contributed by atoms with Gasteiger partial charge in [0.1, 0.15) is 23.3 Å². The Morgan fingerprint density at radius 2 is 1.49 bits per heavy atom. The van der Waals surface area contributed by atoms with E-state index in [1.54, 1.807) is 4.90 Å². The summed E-state index contributed by atoms with van der Waals surface area (Å²) >= 11 is 0. The minimum atomic E-state index is -3.30. The summed E-state index contributed by atoms with van der Waals surface area (Å²) in [6.07, 6.45) is 1.65. The van der Waals surface area contributed by atoms with Gasteiger partial charge in [-0.3, -0.25) is 0 Å². The van der Waals surface area contributed by atoms with Crippen LogP contribution in [-0.4, -0.2) is 99.5 Å². The Balaban J connectivity index is 1.36. The lowest BCUT2D eigenvalue weighted by atomic mass is 9.94. The Bertz CT molecular complexity index is 1740. The number of pyridine rings is 1. The lowest BCUT2D eigenvalue weighted by molar-refractivity contribution is 0.0240. The van der Waals surface area contributed by atoms with Gasteiger partial charge in [0.15, 0.2) is 0 Å². The highest BCUT2D eigenvalue weighted by Crippen LogP contribution is 2.38. The highest BCUT2D eigenvalue weighted by molar-refractivity contribution is 7.88. The van der Waals surface area contributed by atoms with Crippen LogP contribution < -0.4 is 14.7 Å². The Hall–Kier alpha value is -4.08. The second-order valence-corrected chi connectivity index (χ2v) is 15.0. The molecule has 11 nitrogen and oxygen atoms in total. The van der Waals surface area contributed by atoms with Crippen molar-refractivity contribution in [3.05, 3.63) is 59.2 Å². The van der Waals surface area contributed by atoms with Crippen molar-refractivity contribution in [2.75, 3.05) is 79.9 Å². The van der Waals surface area contributed by atoms with Gasteiger partial charge in [-0.1, -0.05) is 36.4 Å². The van der Waals surface area contributed by atoms with Crippen molar-refractivity contribution in [3.8, 4) is 6.07 Å². The average Bonchev–Trinajstić information content (AvgIpc) is 3.02. The predicted molar refractivity (Wildman–Crippen MR) is 176 cm³/mol. The first kappa shape index (κ1) is 30.9. The van der Waals surface area contributed by atoms with E-state index in [2.05, 4.69) is 57.2 Å². The van der Waals surface area contributed by atoms with Crippen LogP contribution >= 0.6 is 0 Å². The van der Waals surface area contributed by atoms with E-state index in [0.29, 0.717) is 70.3 Å². The molecule has 45 heavy (non-hydrogen) atoms. The molecule has 6 rings (SSSR count). The summed E-state index contributed by atoms with van der Waals surface area (Å²) in [5.74, 6) is 1.46. The molecule has 0 atom stereocenters. The number of carbonyl (C=O) groups is 1. The maximum Gasteiger partial charge on any atom is 0.410 e. The number of anilines is 3. The van der Waals surface area contributed by atoms with Crippen molar-refractivity contribution in [2.24, 2.45) is 0 Å². The average molecular weight is 632 g/mol. The molecule has 0 bridgehead atoms. The zero-order chi connectivity index (χ0) is 31.9. The maximum atomic E-state index is 12.8.